The normalized spacial score (nSPS) is 25.1. The van der Waals surface area contributed by atoms with Gasteiger partial charge in [-0.2, -0.15) is 0 Å². The van der Waals surface area contributed by atoms with Crippen LogP contribution in [-0.2, 0) is 0 Å². The topological polar surface area (TPSA) is 3.24 Å². The van der Waals surface area contributed by atoms with Gasteiger partial charge in [0, 0.05) is 0 Å². The molecule has 1 fully saturated rings. The van der Waals surface area contributed by atoms with Gasteiger partial charge < -0.3 is 4.81 Å². The Bertz CT molecular complexity index is 50.0. The molecule has 0 N–H and O–H groups in total. The largest absolute Gasteiger partial charge is 0.349 e. The molecule has 2 heteroatoms. The first kappa shape index (κ1) is 5.17. The van der Waals surface area contributed by atoms with Crippen molar-refractivity contribution in [3.05, 3.63) is 0 Å². The van der Waals surface area contributed by atoms with Crippen LogP contribution in [0.1, 0.15) is 19.3 Å². The van der Waals surface area contributed by atoms with E-state index in [1.54, 1.807) is 0 Å². The van der Waals surface area contributed by atoms with Crippen molar-refractivity contribution in [2.75, 3.05) is 13.1 Å². The molecule has 1 nitrogen and oxygen atoms in total. The van der Waals surface area contributed by atoms with Crippen LogP contribution in [0.4, 0.5) is 0 Å². The molecule has 0 aromatic carbocycles. The molecule has 0 bridgehead atoms. The van der Waals surface area contributed by atoms with E-state index >= 15 is 0 Å². The highest BCUT2D eigenvalue weighted by molar-refractivity contribution is 6.04. The van der Waals surface area contributed by atoms with Gasteiger partial charge in [0.2, 0.25) is 0 Å². The molecule has 0 aromatic heterocycles. The number of nitrogens with zero attached hydrogens (tertiary/aromatic N) is 1. The second kappa shape index (κ2) is 2.36. The number of hydrogen-bond acceptors (Lipinski definition) is 1. The highest BCUT2D eigenvalue weighted by Gasteiger charge is 2.02. The second-order valence-corrected chi connectivity index (χ2v) is 2.36. The first-order valence-electron chi connectivity index (χ1n) is 3.08. The molecule has 0 saturated carbocycles. The first-order valence-corrected chi connectivity index (χ1v) is 3.08. The molecule has 1 aliphatic heterocycles. The maximum Gasteiger partial charge on any atom is 0.185 e. The van der Waals surface area contributed by atoms with Crippen LogP contribution in [0.2, 0.25) is 0 Å². The summed E-state index contributed by atoms with van der Waals surface area (Å²) in [4.78, 5) is 2.39. The third-order valence-electron chi connectivity index (χ3n) is 1.58. The SMILES string of the molecule is BN1CCCCC1. The van der Waals surface area contributed by atoms with E-state index in [1.165, 1.54) is 32.4 Å². The molecular formula is C5H12BN. The Morgan fingerprint density at radius 1 is 1.00 bits per heavy atom. The lowest BCUT2D eigenvalue weighted by molar-refractivity contribution is 0.367. The molecular weight excluding hydrogens is 84.9 g/mol. The van der Waals surface area contributed by atoms with Crippen molar-refractivity contribution in [2.24, 2.45) is 0 Å². The summed E-state index contributed by atoms with van der Waals surface area (Å²) in [5, 5.41) is 0. The van der Waals surface area contributed by atoms with Crippen LogP contribution in [-0.4, -0.2) is 25.9 Å². The standard InChI is InChI=1S/C5H12BN/c6-7-4-2-1-3-5-7/h1-6H2. The average Bonchev–Trinajstić information content (AvgIpc) is 1.69. The molecule has 0 aromatic rings. The molecule has 0 unspecified atom stereocenters. The summed E-state index contributed by atoms with van der Waals surface area (Å²) < 4.78 is 0. The fraction of sp³-hybridized carbons (Fsp3) is 1.00. The van der Waals surface area contributed by atoms with E-state index in [1.807, 2.05) is 0 Å². The Balaban J connectivity index is 2.12. The van der Waals surface area contributed by atoms with Crippen LogP contribution in [0.15, 0.2) is 0 Å². The van der Waals surface area contributed by atoms with Gasteiger partial charge in [-0.3, -0.25) is 0 Å². The van der Waals surface area contributed by atoms with Gasteiger partial charge in [-0.1, -0.05) is 6.42 Å². The average molecular weight is 97.0 g/mol. The summed E-state index contributed by atoms with van der Waals surface area (Å²) in [6.07, 6.45) is 4.28. The molecule has 0 spiro atoms. The van der Waals surface area contributed by atoms with Gasteiger partial charge in [-0.25, -0.2) is 0 Å². The fourth-order valence-corrected chi connectivity index (χ4v) is 1.05. The Morgan fingerprint density at radius 3 is 1.86 bits per heavy atom. The van der Waals surface area contributed by atoms with E-state index < -0.39 is 0 Å². The molecule has 1 rings (SSSR count). The Hall–Kier alpha value is 0.0249. The van der Waals surface area contributed by atoms with Gasteiger partial charge in [0.15, 0.2) is 7.98 Å². The minimum absolute atomic E-state index is 1.32. The van der Waals surface area contributed by atoms with Crippen molar-refractivity contribution in [3.8, 4) is 0 Å². The molecule has 7 heavy (non-hydrogen) atoms. The summed E-state index contributed by atoms with van der Waals surface area (Å²) in [6, 6.07) is 0. The van der Waals surface area contributed by atoms with Gasteiger partial charge in [-0.05, 0) is 25.9 Å². The highest BCUT2D eigenvalue weighted by Crippen LogP contribution is 2.04. The van der Waals surface area contributed by atoms with Crippen molar-refractivity contribution < 1.29 is 0 Å². The molecule has 1 aliphatic rings. The van der Waals surface area contributed by atoms with Crippen molar-refractivity contribution in [1.82, 2.24) is 4.81 Å². The summed E-state index contributed by atoms with van der Waals surface area (Å²) in [5.74, 6) is 0. The predicted octanol–water partition coefficient (Wildman–Crippen LogP) is 0.0204. The molecule has 0 amide bonds. The Labute approximate surface area is 46.1 Å². The van der Waals surface area contributed by atoms with Crippen LogP contribution in [0, 0.1) is 0 Å². The third-order valence-corrected chi connectivity index (χ3v) is 1.58. The maximum absolute atomic E-state index is 2.39. The van der Waals surface area contributed by atoms with Gasteiger partial charge in [0.25, 0.3) is 0 Å². The zero-order valence-corrected chi connectivity index (χ0v) is 4.98. The lowest BCUT2D eigenvalue weighted by Gasteiger charge is -2.21. The number of hydrogen-bond donors (Lipinski definition) is 0. The Morgan fingerprint density at radius 2 is 1.57 bits per heavy atom. The van der Waals surface area contributed by atoms with Crippen LogP contribution < -0.4 is 0 Å². The summed E-state index contributed by atoms with van der Waals surface area (Å²) in [7, 11) is 2.19. The van der Waals surface area contributed by atoms with Crippen LogP contribution >= 0.6 is 0 Å². The van der Waals surface area contributed by atoms with Crippen molar-refractivity contribution in [2.45, 2.75) is 19.3 Å². The predicted molar refractivity (Wildman–Crippen MR) is 34.0 cm³/mol. The van der Waals surface area contributed by atoms with Crippen LogP contribution in [0.3, 0.4) is 0 Å². The van der Waals surface area contributed by atoms with E-state index in [9.17, 15) is 0 Å². The fourth-order valence-electron chi connectivity index (χ4n) is 1.05. The van der Waals surface area contributed by atoms with Gasteiger partial charge in [0.1, 0.15) is 0 Å². The molecule has 1 saturated heterocycles. The molecule has 40 valence electrons. The zero-order chi connectivity index (χ0) is 5.11. The quantitative estimate of drug-likeness (QED) is 0.385. The summed E-state index contributed by atoms with van der Waals surface area (Å²) >= 11 is 0. The van der Waals surface area contributed by atoms with Gasteiger partial charge in [-0.15, -0.1) is 0 Å². The monoisotopic (exact) mass is 97.1 g/mol. The van der Waals surface area contributed by atoms with Gasteiger partial charge in [0.05, 0.1) is 0 Å². The van der Waals surface area contributed by atoms with Gasteiger partial charge >= 0.3 is 0 Å². The van der Waals surface area contributed by atoms with Crippen molar-refractivity contribution in [3.63, 3.8) is 0 Å². The van der Waals surface area contributed by atoms with E-state index in [4.69, 9.17) is 0 Å². The summed E-state index contributed by atoms with van der Waals surface area (Å²) in [6.45, 7) is 2.64. The number of rotatable bonds is 0. The minimum atomic E-state index is 1.32. The maximum atomic E-state index is 2.39. The second-order valence-electron chi connectivity index (χ2n) is 2.36. The smallest absolute Gasteiger partial charge is 0.185 e. The van der Waals surface area contributed by atoms with E-state index in [-0.39, 0.29) is 0 Å². The van der Waals surface area contributed by atoms with E-state index in [0.717, 1.165) is 0 Å². The lowest BCUT2D eigenvalue weighted by atomic mass is 10.1. The van der Waals surface area contributed by atoms with Crippen LogP contribution in [0.5, 0.6) is 0 Å². The minimum Gasteiger partial charge on any atom is -0.349 e. The van der Waals surface area contributed by atoms with Crippen LogP contribution in [0.25, 0.3) is 0 Å². The number of piperidine rings is 1. The van der Waals surface area contributed by atoms with E-state index in [0.29, 0.717) is 0 Å². The molecule has 0 aliphatic carbocycles. The van der Waals surface area contributed by atoms with E-state index in [2.05, 4.69) is 12.8 Å². The molecule has 0 atom stereocenters. The summed E-state index contributed by atoms with van der Waals surface area (Å²) in [5.41, 5.74) is 0. The lowest BCUT2D eigenvalue weighted by Crippen LogP contribution is -2.26. The molecule has 1 heterocycles. The third kappa shape index (κ3) is 1.52. The zero-order valence-electron chi connectivity index (χ0n) is 4.98. The molecule has 0 radical (unpaired) electrons. The Kier molecular flexibility index (Phi) is 1.74. The van der Waals surface area contributed by atoms with Crippen molar-refractivity contribution >= 4 is 7.98 Å². The highest BCUT2D eigenvalue weighted by atomic mass is 15.0. The first-order chi connectivity index (χ1) is 3.39. The van der Waals surface area contributed by atoms with Crippen molar-refractivity contribution in [1.29, 1.82) is 0 Å².